The first-order valence-electron chi connectivity index (χ1n) is 8.01. The molecule has 0 saturated heterocycles. The van der Waals surface area contributed by atoms with Crippen molar-refractivity contribution in [3.05, 3.63) is 5.89 Å². The van der Waals surface area contributed by atoms with E-state index in [0.717, 1.165) is 19.5 Å². The van der Waals surface area contributed by atoms with E-state index in [1.807, 2.05) is 6.92 Å². The minimum absolute atomic E-state index is 0.111. The van der Waals surface area contributed by atoms with E-state index < -0.39 is 0 Å². The lowest BCUT2D eigenvalue weighted by Gasteiger charge is -2.13. The minimum atomic E-state index is 0.111. The molecule has 1 heterocycles. The van der Waals surface area contributed by atoms with Crippen LogP contribution in [0.5, 0.6) is 0 Å². The van der Waals surface area contributed by atoms with Crippen molar-refractivity contribution < 1.29 is 4.42 Å². The molecular formula is C15H30N4O. The third-order valence-corrected chi connectivity index (χ3v) is 3.60. The normalized spacial score (nSPS) is 14.2. The van der Waals surface area contributed by atoms with E-state index in [9.17, 15) is 0 Å². The molecular weight excluding hydrogens is 252 g/mol. The van der Waals surface area contributed by atoms with Gasteiger partial charge in [0.15, 0.2) is 0 Å². The van der Waals surface area contributed by atoms with Gasteiger partial charge in [0.05, 0.1) is 6.04 Å². The Morgan fingerprint density at radius 2 is 1.95 bits per heavy atom. The molecule has 1 aromatic rings. The van der Waals surface area contributed by atoms with Crippen molar-refractivity contribution in [2.45, 2.75) is 65.8 Å². The standard InChI is InChI=1S/C15H30N4O/c1-5-8-9-13(7-3)11-17-15-19-18-14(20-15)12(4)16-10-6-2/h12-13,16H,5-11H2,1-4H3,(H,17,19). The Morgan fingerprint density at radius 1 is 1.15 bits per heavy atom. The zero-order valence-corrected chi connectivity index (χ0v) is 13.4. The number of nitrogens with one attached hydrogen (secondary N) is 2. The molecule has 1 aromatic heterocycles. The molecule has 1 rings (SSSR count). The van der Waals surface area contributed by atoms with Gasteiger partial charge in [0, 0.05) is 6.54 Å². The van der Waals surface area contributed by atoms with Gasteiger partial charge in [-0.15, -0.1) is 5.10 Å². The maximum atomic E-state index is 5.65. The summed E-state index contributed by atoms with van der Waals surface area (Å²) in [6, 6.07) is 0.653. The number of unbranched alkanes of at least 4 members (excludes halogenated alkanes) is 1. The topological polar surface area (TPSA) is 63.0 Å². The summed E-state index contributed by atoms with van der Waals surface area (Å²) in [7, 11) is 0. The van der Waals surface area contributed by atoms with Crippen molar-refractivity contribution in [3.63, 3.8) is 0 Å². The predicted octanol–water partition coefficient (Wildman–Crippen LogP) is 3.76. The lowest BCUT2D eigenvalue weighted by Crippen LogP contribution is -2.19. The molecule has 0 radical (unpaired) electrons. The minimum Gasteiger partial charge on any atom is -0.406 e. The molecule has 0 aromatic carbocycles. The molecule has 2 unspecified atom stereocenters. The summed E-state index contributed by atoms with van der Waals surface area (Å²) in [5.74, 6) is 1.34. The average Bonchev–Trinajstić information content (AvgIpc) is 2.94. The third-order valence-electron chi connectivity index (χ3n) is 3.60. The summed E-state index contributed by atoms with van der Waals surface area (Å²) in [6.45, 7) is 10.5. The zero-order valence-electron chi connectivity index (χ0n) is 13.4. The highest BCUT2D eigenvalue weighted by molar-refractivity contribution is 5.17. The van der Waals surface area contributed by atoms with Crippen molar-refractivity contribution >= 4 is 6.01 Å². The third kappa shape index (κ3) is 5.90. The van der Waals surface area contributed by atoms with Crippen molar-refractivity contribution in [2.24, 2.45) is 5.92 Å². The Hall–Kier alpha value is -1.10. The van der Waals surface area contributed by atoms with E-state index in [0.29, 0.717) is 17.8 Å². The molecule has 0 bridgehead atoms. The first kappa shape index (κ1) is 17.0. The molecule has 0 saturated carbocycles. The van der Waals surface area contributed by atoms with Gasteiger partial charge in [-0.1, -0.05) is 45.1 Å². The first-order chi connectivity index (χ1) is 9.71. The number of aromatic nitrogens is 2. The highest BCUT2D eigenvalue weighted by Gasteiger charge is 2.13. The highest BCUT2D eigenvalue weighted by Crippen LogP contribution is 2.16. The van der Waals surface area contributed by atoms with E-state index in [1.165, 1.54) is 25.7 Å². The molecule has 5 nitrogen and oxygen atoms in total. The molecule has 2 N–H and O–H groups in total. The van der Waals surface area contributed by atoms with Crippen molar-refractivity contribution in [2.75, 3.05) is 18.4 Å². The Morgan fingerprint density at radius 3 is 2.60 bits per heavy atom. The molecule has 0 aliphatic rings. The van der Waals surface area contributed by atoms with Crippen LogP contribution in [0.15, 0.2) is 4.42 Å². The van der Waals surface area contributed by atoms with Gasteiger partial charge >= 0.3 is 6.01 Å². The molecule has 0 aliphatic heterocycles. The number of rotatable bonds is 11. The van der Waals surface area contributed by atoms with Crippen LogP contribution < -0.4 is 10.6 Å². The van der Waals surface area contributed by atoms with Gasteiger partial charge in [-0.05, 0) is 32.2 Å². The maximum absolute atomic E-state index is 5.65. The highest BCUT2D eigenvalue weighted by atomic mass is 16.4. The molecule has 0 spiro atoms. The SMILES string of the molecule is CCCCC(CC)CNc1nnc(C(C)NCCC)o1. The molecule has 20 heavy (non-hydrogen) atoms. The number of hydrogen-bond acceptors (Lipinski definition) is 5. The van der Waals surface area contributed by atoms with Crippen LogP contribution in [0.4, 0.5) is 6.01 Å². The fraction of sp³-hybridized carbons (Fsp3) is 0.867. The zero-order chi connectivity index (χ0) is 14.8. The lowest BCUT2D eigenvalue weighted by atomic mass is 10.00. The largest absolute Gasteiger partial charge is 0.406 e. The second kappa shape index (κ2) is 9.75. The lowest BCUT2D eigenvalue weighted by molar-refractivity contribution is 0.417. The Kier molecular flexibility index (Phi) is 8.26. The van der Waals surface area contributed by atoms with Crippen LogP contribution in [-0.4, -0.2) is 23.3 Å². The number of hydrogen-bond donors (Lipinski definition) is 2. The second-order valence-corrected chi connectivity index (χ2v) is 5.42. The van der Waals surface area contributed by atoms with Crippen LogP contribution in [0.2, 0.25) is 0 Å². The summed E-state index contributed by atoms with van der Waals surface area (Å²) in [4.78, 5) is 0. The van der Waals surface area contributed by atoms with Crippen molar-refractivity contribution in [1.82, 2.24) is 15.5 Å². The summed E-state index contributed by atoms with van der Waals surface area (Å²) < 4.78 is 5.65. The van der Waals surface area contributed by atoms with E-state index in [2.05, 4.69) is 41.6 Å². The summed E-state index contributed by atoms with van der Waals surface area (Å²) in [6.07, 6.45) is 6.08. The molecule has 0 amide bonds. The van der Waals surface area contributed by atoms with Crippen LogP contribution in [-0.2, 0) is 0 Å². The quantitative estimate of drug-likeness (QED) is 0.647. The fourth-order valence-electron chi connectivity index (χ4n) is 2.10. The van der Waals surface area contributed by atoms with E-state index in [-0.39, 0.29) is 6.04 Å². The summed E-state index contributed by atoms with van der Waals surface area (Å²) in [5.41, 5.74) is 0. The fourth-order valence-corrected chi connectivity index (χ4v) is 2.10. The van der Waals surface area contributed by atoms with Crippen LogP contribution in [0.3, 0.4) is 0 Å². The smallest absolute Gasteiger partial charge is 0.315 e. The van der Waals surface area contributed by atoms with Gasteiger partial charge in [0.1, 0.15) is 0 Å². The predicted molar refractivity (Wildman–Crippen MR) is 82.8 cm³/mol. The Labute approximate surface area is 122 Å². The van der Waals surface area contributed by atoms with E-state index in [4.69, 9.17) is 4.42 Å². The van der Waals surface area contributed by atoms with Gasteiger partial charge in [-0.3, -0.25) is 0 Å². The summed E-state index contributed by atoms with van der Waals surface area (Å²) in [5, 5.41) is 14.8. The molecule has 0 fully saturated rings. The molecule has 2 atom stereocenters. The number of nitrogens with zero attached hydrogens (tertiary/aromatic N) is 2. The van der Waals surface area contributed by atoms with Gasteiger partial charge in [-0.25, -0.2) is 0 Å². The van der Waals surface area contributed by atoms with Crippen molar-refractivity contribution in [1.29, 1.82) is 0 Å². The molecule has 116 valence electrons. The van der Waals surface area contributed by atoms with Gasteiger partial charge < -0.3 is 15.1 Å². The van der Waals surface area contributed by atoms with Gasteiger partial charge in [0.2, 0.25) is 5.89 Å². The van der Waals surface area contributed by atoms with Crippen LogP contribution in [0, 0.1) is 5.92 Å². The Bertz CT molecular complexity index is 353. The van der Waals surface area contributed by atoms with E-state index >= 15 is 0 Å². The van der Waals surface area contributed by atoms with Crippen LogP contribution in [0.1, 0.15) is 71.7 Å². The average molecular weight is 282 g/mol. The van der Waals surface area contributed by atoms with Crippen molar-refractivity contribution in [3.8, 4) is 0 Å². The monoisotopic (exact) mass is 282 g/mol. The van der Waals surface area contributed by atoms with Gasteiger partial charge in [-0.2, -0.15) is 0 Å². The Balaban J connectivity index is 2.39. The first-order valence-corrected chi connectivity index (χ1v) is 8.01. The number of anilines is 1. The van der Waals surface area contributed by atoms with Gasteiger partial charge in [0.25, 0.3) is 0 Å². The second-order valence-electron chi connectivity index (χ2n) is 5.42. The maximum Gasteiger partial charge on any atom is 0.315 e. The molecule has 0 aliphatic carbocycles. The van der Waals surface area contributed by atoms with E-state index in [1.54, 1.807) is 0 Å². The van der Waals surface area contributed by atoms with Crippen LogP contribution in [0.25, 0.3) is 0 Å². The van der Waals surface area contributed by atoms with Crippen LogP contribution >= 0.6 is 0 Å². The summed E-state index contributed by atoms with van der Waals surface area (Å²) >= 11 is 0. The molecule has 5 heteroatoms.